The SMILES string of the molecule is CC(C)(O)C#Cc1ccc2c(c1)c1cc(Cl)sc1c1[nH]c(-c3c(C#N)cccc3C#N)nc21. The first-order valence-corrected chi connectivity index (χ1v) is 11.2. The van der Waals surface area contributed by atoms with Crippen LogP contribution in [0.25, 0.3) is 43.3 Å². The Morgan fingerprint density at radius 1 is 1.03 bits per heavy atom. The number of aromatic amines is 1. The van der Waals surface area contributed by atoms with Crippen molar-refractivity contribution in [2.24, 2.45) is 0 Å². The first-order chi connectivity index (χ1) is 15.8. The number of imidazole rings is 1. The lowest BCUT2D eigenvalue weighted by Crippen LogP contribution is -2.14. The fourth-order valence-electron chi connectivity index (χ4n) is 3.87. The van der Waals surface area contributed by atoms with Crippen molar-refractivity contribution in [3.63, 3.8) is 0 Å². The summed E-state index contributed by atoms with van der Waals surface area (Å²) in [6.07, 6.45) is 0. The number of aliphatic hydroxyl groups is 1. The average Bonchev–Trinajstić information content (AvgIpc) is 3.40. The van der Waals surface area contributed by atoms with E-state index in [1.54, 1.807) is 32.0 Å². The fourth-order valence-corrected chi connectivity index (χ4v) is 5.11. The van der Waals surface area contributed by atoms with Crippen molar-refractivity contribution in [2.75, 3.05) is 0 Å². The number of nitriles is 2. The number of nitrogens with one attached hydrogen (secondary N) is 1. The minimum absolute atomic E-state index is 0.377. The maximum absolute atomic E-state index is 9.96. The standard InChI is InChI=1S/C26H15ClN4OS/c1-26(2,32)9-8-14-6-7-17-18(10-14)19-11-20(27)33-24(19)23-22(17)30-25(31-23)21-15(12-28)4-3-5-16(21)13-29/h3-7,10-11,32H,1-2H3,(H,30,31). The van der Waals surface area contributed by atoms with Crippen LogP contribution in [-0.4, -0.2) is 20.7 Å². The Hall–Kier alpha value is -3.86. The summed E-state index contributed by atoms with van der Waals surface area (Å²) in [7, 11) is 0. The lowest BCUT2D eigenvalue weighted by Gasteiger charge is -2.06. The Morgan fingerprint density at radius 2 is 1.76 bits per heavy atom. The molecule has 158 valence electrons. The summed E-state index contributed by atoms with van der Waals surface area (Å²) < 4.78 is 1.57. The van der Waals surface area contributed by atoms with Crippen molar-refractivity contribution in [3.8, 4) is 35.4 Å². The third-order valence-corrected chi connectivity index (χ3v) is 6.53. The second-order valence-corrected chi connectivity index (χ2v) is 9.81. The van der Waals surface area contributed by atoms with Gasteiger partial charge < -0.3 is 10.1 Å². The molecule has 0 saturated heterocycles. The highest BCUT2D eigenvalue weighted by atomic mass is 35.5. The number of hydrogen-bond donors (Lipinski definition) is 2. The fraction of sp³-hybridized carbons (Fsp3) is 0.115. The summed E-state index contributed by atoms with van der Waals surface area (Å²) in [6.45, 7) is 3.28. The van der Waals surface area contributed by atoms with Crippen LogP contribution in [0.1, 0.15) is 30.5 Å². The van der Waals surface area contributed by atoms with Gasteiger partial charge in [-0.15, -0.1) is 11.3 Å². The molecule has 0 saturated carbocycles. The van der Waals surface area contributed by atoms with E-state index in [2.05, 4.69) is 29.0 Å². The van der Waals surface area contributed by atoms with Crippen LogP contribution in [0.3, 0.4) is 0 Å². The Bertz CT molecular complexity index is 1720. The first kappa shape index (κ1) is 21.0. The molecule has 7 heteroatoms. The number of hydrogen-bond acceptors (Lipinski definition) is 5. The number of thiophene rings is 1. The van der Waals surface area contributed by atoms with Crippen LogP contribution < -0.4 is 0 Å². The normalized spacial score (nSPS) is 11.3. The summed E-state index contributed by atoms with van der Waals surface area (Å²) in [5, 5.41) is 32.0. The maximum Gasteiger partial charge on any atom is 0.141 e. The Balaban J connectivity index is 1.86. The van der Waals surface area contributed by atoms with Gasteiger partial charge in [0, 0.05) is 16.3 Å². The molecule has 0 radical (unpaired) electrons. The third-order valence-electron chi connectivity index (χ3n) is 5.25. The summed E-state index contributed by atoms with van der Waals surface area (Å²) in [5.74, 6) is 6.33. The zero-order valence-corrected chi connectivity index (χ0v) is 19.2. The van der Waals surface area contributed by atoms with Crippen LogP contribution >= 0.6 is 22.9 Å². The smallest absolute Gasteiger partial charge is 0.141 e. The molecule has 0 spiro atoms. The van der Waals surface area contributed by atoms with Crippen LogP contribution in [0.2, 0.25) is 4.34 Å². The van der Waals surface area contributed by atoms with E-state index in [1.165, 1.54) is 11.3 Å². The second-order valence-electron chi connectivity index (χ2n) is 8.12. The van der Waals surface area contributed by atoms with Gasteiger partial charge in [0.1, 0.15) is 11.4 Å². The molecular formula is C26H15ClN4OS. The lowest BCUT2D eigenvalue weighted by atomic mass is 10.0. The van der Waals surface area contributed by atoms with E-state index in [9.17, 15) is 15.6 Å². The minimum Gasteiger partial charge on any atom is -0.378 e. The van der Waals surface area contributed by atoms with Crippen molar-refractivity contribution in [2.45, 2.75) is 19.4 Å². The van der Waals surface area contributed by atoms with Gasteiger partial charge in [0.2, 0.25) is 0 Å². The van der Waals surface area contributed by atoms with Gasteiger partial charge >= 0.3 is 0 Å². The molecule has 0 aliphatic rings. The van der Waals surface area contributed by atoms with Crippen LogP contribution in [-0.2, 0) is 0 Å². The monoisotopic (exact) mass is 466 g/mol. The van der Waals surface area contributed by atoms with Gasteiger partial charge in [-0.3, -0.25) is 0 Å². The first-order valence-electron chi connectivity index (χ1n) is 10.0. The molecule has 0 fully saturated rings. The highest BCUT2D eigenvalue weighted by molar-refractivity contribution is 7.23. The highest BCUT2D eigenvalue weighted by Gasteiger charge is 2.19. The van der Waals surface area contributed by atoms with Crippen molar-refractivity contribution < 1.29 is 5.11 Å². The highest BCUT2D eigenvalue weighted by Crippen LogP contribution is 2.42. The molecule has 0 aliphatic heterocycles. The molecule has 3 aromatic carbocycles. The minimum atomic E-state index is -1.09. The zero-order chi connectivity index (χ0) is 23.3. The molecule has 0 aliphatic carbocycles. The Morgan fingerprint density at radius 3 is 2.42 bits per heavy atom. The molecule has 2 heterocycles. The lowest BCUT2D eigenvalue weighted by molar-refractivity contribution is 0.143. The molecule has 5 aromatic rings. The molecule has 0 unspecified atom stereocenters. The van der Waals surface area contributed by atoms with Crippen molar-refractivity contribution >= 4 is 54.8 Å². The van der Waals surface area contributed by atoms with Crippen molar-refractivity contribution in [1.29, 1.82) is 10.5 Å². The molecule has 0 atom stereocenters. The largest absolute Gasteiger partial charge is 0.378 e. The van der Waals surface area contributed by atoms with Crippen LogP contribution in [0, 0.1) is 34.5 Å². The molecule has 0 amide bonds. The summed E-state index contributed by atoms with van der Waals surface area (Å²) in [4.78, 5) is 8.18. The van der Waals surface area contributed by atoms with Crippen LogP contribution in [0.15, 0.2) is 42.5 Å². The van der Waals surface area contributed by atoms with Crippen molar-refractivity contribution in [3.05, 3.63) is 63.5 Å². The second kappa shape index (κ2) is 7.62. The van der Waals surface area contributed by atoms with E-state index in [4.69, 9.17) is 16.6 Å². The van der Waals surface area contributed by atoms with Gasteiger partial charge in [0.25, 0.3) is 0 Å². The summed E-state index contributed by atoms with van der Waals surface area (Å²) >= 11 is 7.84. The maximum atomic E-state index is 9.96. The van der Waals surface area contributed by atoms with E-state index in [-0.39, 0.29) is 0 Å². The van der Waals surface area contributed by atoms with E-state index >= 15 is 0 Å². The summed E-state index contributed by atoms with van der Waals surface area (Å²) in [6, 6.07) is 17.1. The van der Waals surface area contributed by atoms with E-state index < -0.39 is 5.60 Å². The van der Waals surface area contributed by atoms with E-state index in [1.807, 2.05) is 24.3 Å². The zero-order valence-electron chi connectivity index (χ0n) is 17.6. The number of fused-ring (bicyclic) bond motifs is 6. The topological polar surface area (TPSA) is 96.5 Å². The molecule has 5 rings (SSSR count). The Kier molecular flexibility index (Phi) is 4.85. The van der Waals surface area contributed by atoms with Crippen LogP contribution in [0.4, 0.5) is 0 Å². The molecule has 33 heavy (non-hydrogen) atoms. The number of benzene rings is 3. The van der Waals surface area contributed by atoms with Crippen molar-refractivity contribution in [1.82, 2.24) is 9.97 Å². The predicted molar refractivity (Wildman–Crippen MR) is 132 cm³/mol. The van der Waals surface area contributed by atoms with E-state index in [0.29, 0.717) is 26.9 Å². The quantitative estimate of drug-likeness (QED) is 0.291. The predicted octanol–water partition coefficient (Wildman–Crippen LogP) is 6.12. The molecule has 5 nitrogen and oxygen atoms in total. The van der Waals surface area contributed by atoms with Gasteiger partial charge in [-0.1, -0.05) is 35.6 Å². The van der Waals surface area contributed by atoms with Gasteiger partial charge in [-0.05, 0) is 49.6 Å². The molecule has 2 aromatic heterocycles. The van der Waals surface area contributed by atoms with Crippen LogP contribution in [0.5, 0.6) is 0 Å². The molecule has 2 N–H and O–H groups in total. The third kappa shape index (κ3) is 3.59. The molecule has 0 bridgehead atoms. The number of rotatable bonds is 1. The number of halogens is 1. The molecular weight excluding hydrogens is 452 g/mol. The number of aromatic nitrogens is 2. The van der Waals surface area contributed by atoms with Gasteiger partial charge in [0.15, 0.2) is 0 Å². The number of H-pyrrole nitrogens is 1. The summed E-state index contributed by atoms with van der Waals surface area (Å²) in [5.41, 5.74) is 2.44. The van der Waals surface area contributed by atoms with E-state index in [0.717, 1.165) is 37.5 Å². The van der Waals surface area contributed by atoms with Gasteiger partial charge in [0.05, 0.1) is 48.9 Å². The number of nitrogens with zero attached hydrogens (tertiary/aromatic N) is 3. The van der Waals surface area contributed by atoms with Gasteiger partial charge in [-0.2, -0.15) is 10.5 Å². The average molecular weight is 467 g/mol. The van der Waals surface area contributed by atoms with Gasteiger partial charge in [-0.25, -0.2) is 4.98 Å². The Labute approximate surface area is 198 Å².